The minimum Gasteiger partial charge on any atom is -0.411 e. The van der Waals surface area contributed by atoms with Crippen molar-refractivity contribution in [3.63, 3.8) is 0 Å². The summed E-state index contributed by atoms with van der Waals surface area (Å²) < 4.78 is 0. The van der Waals surface area contributed by atoms with Crippen LogP contribution in [-0.2, 0) is 25.9 Å². The van der Waals surface area contributed by atoms with Crippen LogP contribution in [0.5, 0.6) is 0 Å². The Morgan fingerprint density at radius 1 is 0.568 bits per heavy atom. The Kier molecular flexibility index (Phi) is 10.0. The summed E-state index contributed by atoms with van der Waals surface area (Å²) in [6, 6.07) is 32.0. The number of amides is 2. The highest BCUT2D eigenvalue weighted by Gasteiger charge is 2.46. The highest BCUT2D eigenvalue weighted by molar-refractivity contribution is 5.80. The van der Waals surface area contributed by atoms with Crippen molar-refractivity contribution in [2.45, 2.75) is 50.2 Å². The van der Waals surface area contributed by atoms with Crippen molar-refractivity contribution in [2.24, 2.45) is 10.3 Å². The molecule has 0 bridgehead atoms. The third kappa shape index (κ3) is 7.31. The maximum atomic E-state index is 14.8. The zero-order valence-corrected chi connectivity index (χ0v) is 24.2. The second kappa shape index (κ2) is 14.5. The van der Waals surface area contributed by atoms with Gasteiger partial charge in [-0.25, -0.2) is 4.79 Å². The normalized spacial score (nSPS) is 20.8. The number of rotatable bonds is 10. The van der Waals surface area contributed by atoms with Gasteiger partial charge in [-0.2, -0.15) is 0 Å². The van der Waals surface area contributed by atoms with Crippen LogP contribution >= 0.6 is 0 Å². The van der Waals surface area contributed by atoms with Gasteiger partial charge in [0.1, 0.15) is 12.2 Å². The summed E-state index contributed by atoms with van der Waals surface area (Å²) in [7, 11) is 0. The monoisotopic (exact) mass is 592 g/mol. The number of hydrogen-bond acceptors (Lipinski definition) is 7. The number of oxime groups is 2. The van der Waals surface area contributed by atoms with E-state index in [1.807, 2.05) is 97.1 Å². The van der Waals surface area contributed by atoms with E-state index in [9.17, 15) is 15.0 Å². The van der Waals surface area contributed by atoms with Gasteiger partial charge in [-0.3, -0.25) is 0 Å². The molecule has 226 valence electrons. The number of nitrogens with zero attached hydrogens (tertiary/aromatic N) is 4. The summed E-state index contributed by atoms with van der Waals surface area (Å²) in [6.07, 6.45) is 0.784. The quantitative estimate of drug-likeness (QED) is 0.121. The molecule has 0 spiro atoms. The van der Waals surface area contributed by atoms with Crippen LogP contribution < -0.4 is 0 Å². The molecule has 4 aromatic rings. The largest absolute Gasteiger partial charge is 0.411 e. The molecule has 0 radical (unpaired) electrons. The third-order valence-electron chi connectivity index (χ3n) is 8.03. The molecule has 4 aromatic carbocycles. The van der Waals surface area contributed by atoms with Gasteiger partial charge >= 0.3 is 6.03 Å². The van der Waals surface area contributed by atoms with Gasteiger partial charge in [0.2, 0.25) is 0 Å². The molecule has 9 nitrogen and oxygen atoms in total. The summed E-state index contributed by atoms with van der Waals surface area (Å²) in [4.78, 5) is 18.0. The number of carbonyl (C=O) groups excluding carboxylic acids is 1. The lowest BCUT2D eigenvalue weighted by molar-refractivity contribution is -0.0408. The van der Waals surface area contributed by atoms with Crippen LogP contribution in [-0.4, -0.2) is 73.2 Å². The Labute approximate surface area is 256 Å². The third-order valence-corrected chi connectivity index (χ3v) is 8.03. The van der Waals surface area contributed by atoms with E-state index in [0.29, 0.717) is 24.0 Å². The van der Waals surface area contributed by atoms with Crippen LogP contribution in [0.15, 0.2) is 120 Å². The first-order valence-corrected chi connectivity index (χ1v) is 14.5. The Hall–Kier alpha value is -4.99. The van der Waals surface area contributed by atoms with Crippen molar-refractivity contribution in [3.8, 4) is 0 Å². The summed E-state index contributed by atoms with van der Waals surface area (Å²) in [6.45, 7) is 0.304. The van der Waals surface area contributed by atoms with Gasteiger partial charge in [0.05, 0.1) is 24.5 Å². The number of aliphatic hydroxyl groups excluding tert-OH is 2. The minimum atomic E-state index is -1.26. The van der Waals surface area contributed by atoms with Crippen molar-refractivity contribution < 1.29 is 25.4 Å². The van der Waals surface area contributed by atoms with Gasteiger partial charge < -0.3 is 30.4 Å². The van der Waals surface area contributed by atoms with E-state index in [0.717, 1.165) is 22.3 Å². The van der Waals surface area contributed by atoms with Gasteiger partial charge in [-0.15, -0.1) is 0 Å². The van der Waals surface area contributed by atoms with Gasteiger partial charge in [-0.05, 0) is 58.4 Å². The van der Waals surface area contributed by atoms with E-state index in [-0.39, 0.29) is 19.1 Å². The average molecular weight is 593 g/mol. The van der Waals surface area contributed by atoms with Gasteiger partial charge in [0.15, 0.2) is 0 Å². The number of aliphatic hydroxyl groups is 2. The maximum absolute atomic E-state index is 14.8. The molecule has 0 aliphatic carbocycles. The molecule has 1 aliphatic rings. The van der Waals surface area contributed by atoms with Gasteiger partial charge in [-0.1, -0.05) is 107 Å². The highest BCUT2D eigenvalue weighted by atomic mass is 16.4. The zero-order chi connectivity index (χ0) is 30.9. The summed E-state index contributed by atoms with van der Waals surface area (Å²) in [5.74, 6) is 0. The maximum Gasteiger partial charge on any atom is 0.321 e. The van der Waals surface area contributed by atoms with Crippen molar-refractivity contribution in [3.05, 3.63) is 143 Å². The first kappa shape index (κ1) is 30.5. The molecule has 4 atom stereocenters. The Balaban J connectivity index is 1.60. The van der Waals surface area contributed by atoms with E-state index < -0.39 is 24.3 Å². The van der Waals surface area contributed by atoms with Crippen molar-refractivity contribution >= 4 is 18.5 Å². The molecule has 1 heterocycles. The van der Waals surface area contributed by atoms with E-state index in [1.165, 1.54) is 12.4 Å². The molecule has 1 saturated heterocycles. The van der Waals surface area contributed by atoms with E-state index in [2.05, 4.69) is 10.3 Å². The van der Waals surface area contributed by atoms with Crippen LogP contribution in [0.1, 0.15) is 33.4 Å². The Morgan fingerprint density at radius 2 is 0.955 bits per heavy atom. The lowest BCUT2D eigenvalue weighted by Gasteiger charge is -2.36. The van der Waals surface area contributed by atoms with E-state index >= 15 is 0 Å². The molecule has 9 heteroatoms. The van der Waals surface area contributed by atoms with Crippen molar-refractivity contribution in [1.82, 2.24) is 9.80 Å². The number of hydrogen-bond donors (Lipinski definition) is 4. The lowest BCUT2D eigenvalue weighted by Crippen LogP contribution is -2.50. The molecule has 1 aliphatic heterocycles. The number of carbonyl (C=O) groups is 1. The molecule has 0 aromatic heterocycles. The zero-order valence-electron chi connectivity index (χ0n) is 24.2. The van der Waals surface area contributed by atoms with Crippen LogP contribution in [0.2, 0.25) is 0 Å². The fourth-order valence-electron chi connectivity index (χ4n) is 5.89. The van der Waals surface area contributed by atoms with Crippen LogP contribution in [0.3, 0.4) is 0 Å². The lowest BCUT2D eigenvalue weighted by atomic mass is 9.91. The summed E-state index contributed by atoms with van der Waals surface area (Å²) in [5, 5.41) is 48.1. The second-order valence-electron chi connectivity index (χ2n) is 11.0. The predicted molar refractivity (Wildman–Crippen MR) is 168 cm³/mol. The minimum absolute atomic E-state index is 0.152. The molecule has 0 saturated carbocycles. The molecular weight excluding hydrogens is 556 g/mol. The van der Waals surface area contributed by atoms with E-state index in [1.54, 1.807) is 21.9 Å². The molecule has 0 unspecified atom stereocenters. The van der Waals surface area contributed by atoms with Crippen molar-refractivity contribution in [1.29, 1.82) is 0 Å². The summed E-state index contributed by atoms with van der Waals surface area (Å²) in [5.41, 5.74) is 4.72. The SMILES string of the molecule is O=C1N(Cc2cccc(/C=N\O)c2)[C@H](Cc2ccccc2)[C@H](O)[C@@H](O)[C@@H](Cc2ccccc2)N1Cc1cccc(/C=N/O)c1. The molecule has 4 N–H and O–H groups in total. The topological polar surface area (TPSA) is 129 Å². The molecule has 2 amide bonds. The first-order valence-electron chi connectivity index (χ1n) is 14.5. The fraction of sp³-hybridized carbons (Fsp3) is 0.229. The van der Waals surface area contributed by atoms with Gasteiger partial charge in [0.25, 0.3) is 0 Å². The molecule has 1 fully saturated rings. The van der Waals surface area contributed by atoms with Crippen LogP contribution in [0, 0.1) is 0 Å². The first-order chi connectivity index (χ1) is 21.5. The van der Waals surface area contributed by atoms with E-state index in [4.69, 9.17) is 10.4 Å². The second-order valence-corrected chi connectivity index (χ2v) is 11.0. The average Bonchev–Trinajstić information content (AvgIpc) is 3.10. The number of urea groups is 1. The Bertz CT molecular complexity index is 1460. The van der Waals surface area contributed by atoms with Crippen LogP contribution in [0.4, 0.5) is 4.79 Å². The Morgan fingerprint density at radius 3 is 1.34 bits per heavy atom. The molecule has 5 rings (SSSR count). The standard InChI is InChI=1S/C35H36N4O5/c40-33-31(19-25-9-3-1-4-10-25)38(23-29-15-7-13-27(17-29)21-36-43)35(42)39(24-30-16-8-14-28(18-30)22-37-44)32(34(33)41)20-26-11-5-2-6-12-26/h1-18,21-22,31-34,40-41,43-44H,19-20,23-24H2/b36-21-,37-22+/t31-,32-,33+,34+/m1/s1. The van der Waals surface area contributed by atoms with Gasteiger partial charge in [0, 0.05) is 13.1 Å². The molecule has 44 heavy (non-hydrogen) atoms. The van der Waals surface area contributed by atoms with Crippen LogP contribution in [0.25, 0.3) is 0 Å². The molecular formula is C35H36N4O5. The smallest absolute Gasteiger partial charge is 0.321 e. The fourth-order valence-corrected chi connectivity index (χ4v) is 5.89. The van der Waals surface area contributed by atoms with Crippen molar-refractivity contribution in [2.75, 3.05) is 0 Å². The predicted octanol–water partition coefficient (Wildman–Crippen LogP) is 4.69. The number of benzene rings is 4. The summed E-state index contributed by atoms with van der Waals surface area (Å²) >= 11 is 0. The highest BCUT2D eigenvalue weighted by Crippen LogP contribution is 2.30.